The van der Waals surface area contributed by atoms with E-state index in [4.69, 9.17) is 0 Å². The van der Waals surface area contributed by atoms with Gasteiger partial charge in [0.2, 0.25) is 0 Å². The first-order valence-electron chi connectivity index (χ1n) is 7.22. The number of thiophene rings is 1. The summed E-state index contributed by atoms with van der Waals surface area (Å²) in [5.41, 5.74) is 1.45. The molecule has 3 aliphatic rings. The zero-order valence-corrected chi connectivity index (χ0v) is 11.5. The van der Waals surface area contributed by atoms with Gasteiger partial charge < -0.3 is 4.90 Å². The minimum atomic E-state index is 0.309. The molecular formula is C15H19NOS. The Morgan fingerprint density at radius 3 is 2.67 bits per heavy atom. The Morgan fingerprint density at radius 2 is 1.94 bits per heavy atom. The van der Waals surface area contributed by atoms with Crippen LogP contribution in [0.15, 0.2) is 6.07 Å². The third kappa shape index (κ3) is 1.63. The zero-order chi connectivity index (χ0) is 12.1. The molecule has 3 heteroatoms. The summed E-state index contributed by atoms with van der Waals surface area (Å²) in [5.74, 6) is 1.92. The number of fused-ring (bicyclic) bond motifs is 2. The number of amides is 1. The molecular weight excluding hydrogens is 242 g/mol. The van der Waals surface area contributed by atoms with Gasteiger partial charge in [0, 0.05) is 18.0 Å². The van der Waals surface area contributed by atoms with E-state index in [1.807, 2.05) is 0 Å². The monoisotopic (exact) mass is 261 g/mol. The predicted octanol–water partition coefficient (Wildman–Crippen LogP) is 3.11. The number of rotatable bonds is 1. The highest BCUT2D eigenvalue weighted by Gasteiger charge is 2.38. The van der Waals surface area contributed by atoms with Crippen LogP contribution in [-0.4, -0.2) is 23.9 Å². The quantitative estimate of drug-likeness (QED) is 0.760. The van der Waals surface area contributed by atoms with E-state index in [-0.39, 0.29) is 0 Å². The van der Waals surface area contributed by atoms with Crippen molar-refractivity contribution in [2.45, 2.75) is 38.5 Å². The first kappa shape index (κ1) is 11.0. The summed E-state index contributed by atoms with van der Waals surface area (Å²) in [6, 6.07) is 2.17. The molecule has 4 rings (SSSR count). The number of nitrogens with zero attached hydrogens (tertiary/aromatic N) is 1. The van der Waals surface area contributed by atoms with E-state index >= 15 is 0 Å². The molecule has 2 atom stereocenters. The maximum atomic E-state index is 12.5. The van der Waals surface area contributed by atoms with Crippen molar-refractivity contribution >= 4 is 17.2 Å². The van der Waals surface area contributed by atoms with Crippen LogP contribution in [0.2, 0.25) is 0 Å². The fraction of sp³-hybridized carbons (Fsp3) is 0.667. The molecule has 0 aromatic carbocycles. The maximum absolute atomic E-state index is 12.5. The predicted molar refractivity (Wildman–Crippen MR) is 73.1 cm³/mol. The highest BCUT2D eigenvalue weighted by Crippen LogP contribution is 2.39. The molecule has 2 heterocycles. The lowest BCUT2D eigenvalue weighted by Gasteiger charge is -2.16. The number of carbonyl (C=O) groups excluding carboxylic acids is 1. The maximum Gasteiger partial charge on any atom is 0.263 e. The average molecular weight is 261 g/mol. The van der Waals surface area contributed by atoms with Crippen LogP contribution in [0.3, 0.4) is 0 Å². The number of aryl methyl sites for hydroxylation is 2. The Kier molecular flexibility index (Phi) is 2.51. The Balaban J connectivity index is 1.53. The van der Waals surface area contributed by atoms with Crippen LogP contribution >= 0.6 is 11.3 Å². The number of carbonyl (C=O) groups is 1. The number of likely N-dealkylation sites (tertiary alicyclic amines) is 1. The van der Waals surface area contributed by atoms with E-state index in [0.717, 1.165) is 29.8 Å². The van der Waals surface area contributed by atoms with Crippen molar-refractivity contribution in [2.75, 3.05) is 13.1 Å². The molecule has 0 N–H and O–H groups in total. The zero-order valence-electron chi connectivity index (χ0n) is 10.7. The van der Waals surface area contributed by atoms with Gasteiger partial charge >= 0.3 is 0 Å². The van der Waals surface area contributed by atoms with Gasteiger partial charge in [0.05, 0.1) is 4.88 Å². The van der Waals surface area contributed by atoms with Crippen LogP contribution in [0.5, 0.6) is 0 Å². The number of hydrogen-bond acceptors (Lipinski definition) is 2. The lowest BCUT2D eigenvalue weighted by Crippen LogP contribution is -2.28. The van der Waals surface area contributed by atoms with Crippen molar-refractivity contribution in [2.24, 2.45) is 11.8 Å². The van der Waals surface area contributed by atoms with Crippen molar-refractivity contribution in [1.82, 2.24) is 4.90 Å². The molecule has 0 bridgehead atoms. The molecule has 96 valence electrons. The summed E-state index contributed by atoms with van der Waals surface area (Å²) in [5, 5.41) is 0. The van der Waals surface area contributed by atoms with E-state index in [0.29, 0.717) is 5.91 Å². The van der Waals surface area contributed by atoms with Gasteiger partial charge in [-0.2, -0.15) is 0 Å². The smallest absolute Gasteiger partial charge is 0.263 e. The normalized spacial score (nSPS) is 29.7. The Bertz CT molecular complexity index is 459. The minimum Gasteiger partial charge on any atom is -0.337 e. The van der Waals surface area contributed by atoms with E-state index in [1.165, 1.54) is 49.0 Å². The molecule has 2 fully saturated rings. The molecule has 0 radical (unpaired) electrons. The Hall–Kier alpha value is -0.830. The Morgan fingerprint density at radius 1 is 1.17 bits per heavy atom. The van der Waals surface area contributed by atoms with Gasteiger partial charge in [0.25, 0.3) is 5.91 Å². The first-order valence-corrected chi connectivity index (χ1v) is 8.04. The fourth-order valence-corrected chi connectivity index (χ4v) is 5.21. The molecule has 0 spiro atoms. The summed E-state index contributed by atoms with van der Waals surface area (Å²) in [4.78, 5) is 17.1. The van der Waals surface area contributed by atoms with Gasteiger partial charge in [-0.1, -0.05) is 6.42 Å². The second-order valence-electron chi connectivity index (χ2n) is 6.07. The summed E-state index contributed by atoms with van der Waals surface area (Å²) in [6.07, 6.45) is 7.72. The summed E-state index contributed by atoms with van der Waals surface area (Å²) in [7, 11) is 0. The van der Waals surface area contributed by atoms with Gasteiger partial charge in [-0.05, 0) is 55.6 Å². The van der Waals surface area contributed by atoms with Crippen LogP contribution in [0.4, 0.5) is 0 Å². The molecule has 2 unspecified atom stereocenters. The van der Waals surface area contributed by atoms with Gasteiger partial charge in [0.1, 0.15) is 0 Å². The third-order valence-electron chi connectivity index (χ3n) is 4.97. The van der Waals surface area contributed by atoms with E-state index in [9.17, 15) is 4.79 Å². The molecule has 1 aromatic rings. The molecule has 1 saturated carbocycles. The van der Waals surface area contributed by atoms with Crippen LogP contribution in [0.25, 0.3) is 0 Å². The average Bonchev–Trinajstić information content (AvgIpc) is 3.06. The summed E-state index contributed by atoms with van der Waals surface area (Å²) >= 11 is 1.75. The highest BCUT2D eigenvalue weighted by molar-refractivity contribution is 7.14. The standard InChI is InChI=1S/C15H19NOS/c17-15(14-7-10-3-2-6-13(10)18-14)16-8-11-4-1-5-12(11)9-16/h7,11-12H,1-6,8-9H2. The van der Waals surface area contributed by atoms with Gasteiger partial charge in [-0.25, -0.2) is 0 Å². The highest BCUT2D eigenvalue weighted by atomic mass is 32.1. The first-order chi connectivity index (χ1) is 8.81. The Labute approximate surface area is 112 Å². The van der Waals surface area contributed by atoms with Crippen molar-refractivity contribution in [3.8, 4) is 0 Å². The van der Waals surface area contributed by atoms with Gasteiger partial charge in [-0.15, -0.1) is 11.3 Å². The second-order valence-corrected chi connectivity index (χ2v) is 7.21. The van der Waals surface area contributed by atoms with E-state index in [2.05, 4.69) is 11.0 Å². The second kappa shape index (κ2) is 4.09. The van der Waals surface area contributed by atoms with Crippen molar-refractivity contribution in [3.05, 3.63) is 21.4 Å². The lowest BCUT2D eigenvalue weighted by atomic mass is 10.0. The largest absolute Gasteiger partial charge is 0.337 e. The number of hydrogen-bond donors (Lipinski definition) is 0. The van der Waals surface area contributed by atoms with E-state index in [1.54, 1.807) is 11.3 Å². The van der Waals surface area contributed by atoms with Crippen LogP contribution in [-0.2, 0) is 12.8 Å². The SMILES string of the molecule is O=C(c1cc2c(s1)CCC2)N1CC2CCCC2C1. The summed E-state index contributed by atoms with van der Waals surface area (Å²) in [6.45, 7) is 2.04. The molecule has 1 aliphatic heterocycles. The van der Waals surface area contributed by atoms with Crippen LogP contribution in [0, 0.1) is 11.8 Å². The van der Waals surface area contributed by atoms with Gasteiger partial charge in [0.15, 0.2) is 0 Å². The molecule has 1 aromatic heterocycles. The molecule has 1 saturated heterocycles. The van der Waals surface area contributed by atoms with Crippen molar-refractivity contribution < 1.29 is 4.79 Å². The molecule has 2 aliphatic carbocycles. The van der Waals surface area contributed by atoms with E-state index < -0.39 is 0 Å². The fourth-order valence-electron chi connectivity index (χ4n) is 3.99. The third-order valence-corrected chi connectivity index (χ3v) is 6.20. The van der Waals surface area contributed by atoms with Crippen LogP contribution in [0.1, 0.15) is 45.8 Å². The molecule has 18 heavy (non-hydrogen) atoms. The van der Waals surface area contributed by atoms with Gasteiger partial charge in [-0.3, -0.25) is 4.79 Å². The molecule has 1 amide bonds. The molecule has 2 nitrogen and oxygen atoms in total. The lowest BCUT2D eigenvalue weighted by molar-refractivity contribution is 0.0785. The van der Waals surface area contributed by atoms with Crippen molar-refractivity contribution in [3.63, 3.8) is 0 Å². The minimum absolute atomic E-state index is 0.309. The van der Waals surface area contributed by atoms with Crippen LogP contribution < -0.4 is 0 Å². The summed E-state index contributed by atoms with van der Waals surface area (Å²) < 4.78 is 0. The topological polar surface area (TPSA) is 20.3 Å². The van der Waals surface area contributed by atoms with Crippen molar-refractivity contribution in [1.29, 1.82) is 0 Å².